The quantitative estimate of drug-likeness (QED) is 0.600. The van der Waals surface area contributed by atoms with Crippen LogP contribution in [0.1, 0.15) is 43.6 Å². The number of halogens is 1. The van der Waals surface area contributed by atoms with Crippen molar-refractivity contribution in [2.75, 3.05) is 7.11 Å². The van der Waals surface area contributed by atoms with Crippen molar-refractivity contribution in [1.29, 1.82) is 0 Å². The summed E-state index contributed by atoms with van der Waals surface area (Å²) in [4.78, 5) is 35.9. The second-order valence-corrected chi connectivity index (χ2v) is 8.81. The van der Waals surface area contributed by atoms with E-state index >= 15 is 0 Å². The van der Waals surface area contributed by atoms with Crippen LogP contribution < -0.4 is 5.32 Å². The summed E-state index contributed by atoms with van der Waals surface area (Å²) < 4.78 is 5.06. The third-order valence-corrected chi connectivity index (χ3v) is 6.78. The summed E-state index contributed by atoms with van der Waals surface area (Å²) in [7, 11) is 1.36. The number of hydrogen-bond donors (Lipinski definition) is 2. The van der Waals surface area contributed by atoms with Crippen LogP contribution in [0, 0.1) is 5.41 Å². The Kier molecular flexibility index (Phi) is 5.52. The van der Waals surface area contributed by atoms with Gasteiger partial charge in [0.25, 0.3) is 0 Å². The molecule has 7 heteroatoms. The van der Waals surface area contributed by atoms with Crippen LogP contribution in [0.2, 0.25) is 5.02 Å². The number of aliphatic carboxylic acids is 1. The number of carboxylic acid groups (broad SMARTS) is 1. The molecule has 2 atom stereocenters. The topological polar surface area (TPSA) is 92.7 Å². The Balaban J connectivity index is 1.58. The molecule has 2 aliphatic carbocycles. The average Bonchev–Trinajstić information content (AvgIpc) is 3.67. The van der Waals surface area contributed by atoms with Gasteiger partial charge in [-0.2, -0.15) is 0 Å². The van der Waals surface area contributed by atoms with E-state index in [9.17, 15) is 14.4 Å². The zero-order valence-electron chi connectivity index (χ0n) is 17.2. The molecule has 1 amide bonds. The maximum atomic E-state index is 12.6. The highest BCUT2D eigenvalue weighted by atomic mass is 35.5. The lowest BCUT2D eigenvalue weighted by Crippen LogP contribution is -2.49. The fraction of sp³-hybridized carbons (Fsp3) is 0.375. The van der Waals surface area contributed by atoms with E-state index in [4.69, 9.17) is 21.4 Å². The molecule has 2 fully saturated rings. The number of benzene rings is 2. The second-order valence-electron chi connectivity index (χ2n) is 8.38. The minimum Gasteiger partial charge on any atom is -0.481 e. The number of carboxylic acids is 1. The monoisotopic (exact) mass is 441 g/mol. The van der Waals surface area contributed by atoms with Gasteiger partial charge in [-0.25, -0.2) is 0 Å². The maximum Gasteiger partial charge on any atom is 0.314 e. The number of hydrogen-bond acceptors (Lipinski definition) is 4. The lowest BCUT2D eigenvalue weighted by molar-refractivity contribution is -0.149. The van der Waals surface area contributed by atoms with Gasteiger partial charge < -0.3 is 15.2 Å². The molecule has 0 radical (unpaired) electrons. The summed E-state index contributed by atoms with van der Waals surface area (Å²) in [6.45, 7) is 0. The van der Waals surface area contributed by atoms with E-state index in [2.05, 4.69) is 5.32 Å². The molecule has 162 valence electrons. The predicted octanol–water partition coefficient (Wildman–Crippen LogP) is 4.17. The number of carbonyl (C=O) groups excluding carboxylic acids is 2. The minimum absolute atomic E-state index is 0.0312. The molecule has 2 aliphatic rings. The van der Waals surface area contributed by atoms with Gasteiger partial charge in [-0.3, -0.25) is 14.4 Å². The van der Waals surface area contributed by atoms with E-state index in [-0.39, 0.29) is 30.6 Å². The number of nitrogens with one attached hydrogen (secondary N) is 1. The Hall–Kier alpha value is -2.86. The van der Waals surface area contributed by atoms with Gasteiger partial charge in [0.05, 0.1) is 24.5 Å². The Morgan fingerprint density at radius 1 is 1.10 bits per heavy atom. The van der Waals surface area contributed by atoms with Crippen molar-refractivity contribution in [2.45, 2.75) is 43.6 Å². The molecule has 31 heavy (non-hydrogen) atoms. The van der Waals surface area contributed by atoms with Crippen LogP contribution in [0.3, 0.4) is 0 Å². The zero-order chi connectivity index (χ0) is 22.2. The summed E-state index contributed by atoms with van der Waals surface area (Å²) in [5, 5.41) is 12.6. The molecule has 0 aromatic heterocycles. The number of rotatable bonds is 8. The molecule has 0 saturated heterocycles. The lowest BCUT2D eigenvalue weighted by atomic mass is 9.88. The Morgan fingerprint density at radius 2 is 1.81 bits per heavy atom. The molecule has 0 spiro atoms. The van der Waals surface area contributed by atoms with Crippen LogP contribution >= 0.6 is 11.6 Å². The van der Waals surface area contributed by atoms with Gasteiger partial charge in [0.1, 0.15) is 0 Å². The smallest absolute Gasteiger partial charge is 0.314 e. The second kappa shape index (κ2) is 8.00. The van der Waals surface area contributed by atoms with Gasteiger partial charge in [0, 0.05) is 17.4 Å². The van der Waals surface area contributed by atoms with Gasteiger partial charge in [0.2, 0.25) is 5.91 Å². The van der Waals surface area contributed by atoms with Crippen LogP contribution in [0.4, 0.5) is 0 Å². The highest BCUT2D eigenvalue weighted by Crippen LogP contribution is 2.70. The largest absolute Gasteiger partial charge is 0.481 e. The van der Waals surface area contributed by atoms with Crippen molar-refractivity contribution in [3.8, 4) is 11.1 Å². The molecular weight excluding hydrogens is 418 g/mol. The van der Waals surface area contributed by atoms with Crippen molar-refractivity contribution in [1.82, 2.24) is 5.32 Å². The highest BCUT2D eigenvalue weighted by molar-refractivity contribution is 6.30. The summed E-state index contributed by atoms with van der Waals surface area (Å²) in [6, 6.07) is 15.7. The standard InChI is InChI=1S/C24H24ClNO5/c1-31-22(30)23(11-12-23)24(26-20(27)9-10-21(28)29)14-19(24)16-7-5-15(6-8-16)17-3-2-4-18(25)13-17/h2-8,13,19H,9-12,14H2,1H3,(H,26,27)(H,28,29)/t19-,24?/m0/s1. The third kappa shape index (κ3) is 3.92. The number of methoxy groups -OCH3 is 1. The molecule has 0 heterocycles. The maximum absolute atomic E-state index is 12.6. The van der Waals surface area contributed by atoms with Crippen LogP contribution in [0.5, 0.6) is 0 Å². The number of amides is 1. The molecule has 0 bridgehead atoms. The molecule has 2 aromatic rings. The van der Waals surface area contributed by atoms with Crippen LogP contribution in [0.15, 0.2) is 48.5 Å². The minimum atomic E-state index is -1.03. The fourth-order valence-corrected chi connectivity index (χ4v) is 4.90. The summed E-state index contributed by atoms with van der Waals surface area (Å²) in [5.41, 5.74) is 1.59. The number of ether oxygens (including phenoxy) is 1. The first kappa shape index (κ1) is 21.4. The molecule has 6 nitrogen and oxygen atoms in total. The number of carbonyl (C=O) groups is 3. The van der Waals surface area contributed by atoms with Crippen LogP contribution in [0.25, 0.3) is 11.1 Å². The van der Waals surface area contributed by atoms with Gasteiger partial charge in [0.15, 0.2) is 0 Å². The van der Waals surface area contributed by atoms with E-state index in [1.54, 1.807) is 0 Å². The Bertz CT molecular complexity index is 1030. The average molecular weight is 442 g/mol. The van der Waals surface area contributed by atoms with Crippen LogP contribution in [-0.2, 0) is 19.1 Å². The molecule has 1 unspecified atom stereocenters. The molecular formula is C24H24ClNO5. The Labute approximate surface area is 185 Å². The first-order valence-corrected chi connectivity index (χ1v) is 10.7. The first-order chi connectivity index (χ1) is 14.8. The van der Waals surface area contributed by atoms with Crippen molar-refractivity contribution >= 4 is 29.4 Å². The Morgan fingerprint density at radius 3 is 2.39 bits per heavy atom. The van der Waals surface area contributed by atoms with E-state index in [1.807, 2.05) is 48.5 Å². The SMILES string of the molecule is COC(=O)C1(C2(NC(=O)CCC(=O)O)C[C@H]2c2ccc(-c3cccc(Cl)c3)cc2)CC1. The third-order valence-electron chi connectivity index (χ3n) is 6.54. The predicted molar refractivity (Wildman–Crippen MR) is 116 cm³/mol. The van der Waals surface area contributed by atoms with Crippen molar-refractivity contribution in [2.24, 2.45) is 5.41 Å². The number of esters is 1. The zero-order valence-corrected chi connectivity index (χ0v) is 17.9. The van der Waals surface area contributed by atoms with Crippen LogP contribution in [-0.4, -0.2) is 35.6 Å². The van der Waals surface area contributed by atoms with E-state index < -0.39 is 16.9 Å². The van der Waals surface area contributed by atoms with Gasteiger partial charge in [-0.1, -0.05) is 48.0 Å². The van der Waals surface area contributed by atoms with E-state index in [0.717, 1.165) is 16.7 Å². The summed E-state index contributed by atoms with van der Waals surface area (Å²) in [6.07, 6.45) is 1.56. The summed E-state index contributed by atoms with van der Waals surface area (Å²) in [5.74, 6) is -1.72. The molecule has 0 aliphatic heterocycles. The van der Waals surface area contributed by atoms with Gasteiger partial charge in [-0.05, 0) is 48.1 Å². The van der Waals surface area contributed by atoms with Crippen molar-refractivity contribution in [3.05, 3.63) is 59.1 Å². The fourth-order valence-electron chi connectivity index (χ4n) is 4.71. The molecule has 4 rings (SSSR count). The van der Waals surface area contributed by atoms with E-state index in [0.29, 0.717) is 24.3 Å². The lowest BCUT2D eigenvalue weighted by Gasteiger charge is -2.28. The molecule has 2 saturated carbocycles. The van der Waals surface area contributed by atoms with Gasteiger partial charge >= 0.3 is 11.9 Å². The molecule has 2 N–H and O–H groups in total. The normalized spacial score (nSPS) is 23.0. The first-order valence-electron chi connectivity index (χ1n) is 10.3. The van der Waals surface area contributed by atoms with Gasteiger partial charge in [-0.15, -0.1) is 0 Å². The van der Waals surface area contributed by atoms with Crippen molar-refractivity contribution in [3.63, 3.8) is 0 Å². The highest BCUT2D eigenvalue weighted by Gasteiger charge is 2.76. The van der Waals surface area contributed by atoms with Crippen molar-refractivity contribution < 1.29 is 24.2 Å². The summed E-state index contributed by atoms with van der Waals surface area (Å²) >= 11 is 6.10. The molecule has 2 aromatic carbocycles. The van der Waals surface area contributed by atoms with E-state index in [1.165, 1.54) is 7.11 Å².